The number of amides is 2. The fraction of sp³-hybridized carbons (Fsp3) is 0.529. The Morgan fingerprint density at radius 2 is 1.80 bits per heavy atom. The average molecular weight is 367 g/mol. The number of carbonyl (C=O) groups excluding carboxylic acids is 2. The first kappa shape index (κ1) is 19.4. The van der Waals surface area contributed by atoms with Crippen molar-refractivity contribution >= 4 is 21.8 Å². The molecule has 1 aromatic carbocycles. The highest BCUT2D eigenvalue weighted by molar-refractivity contribution is 7.88. The van der Waals surface area contributed by atoms with Crippen LogP contribution in [0, 0.1) is 0 Å². The molecular formula is C17H25N3O4S. The molecule has 8 heteroatoms. The van der Waals surface area contributed by atoms with Gasteiger partial charge in [0, 0.05) is 32.5 Å². The van der Waals surface area contributed by atoms with E-state index in [0.29, 0.717) is 32.4 Å². The Bertz CT molecular complexity index is 698. The summed E-state index contributed by atoms with van der Waals surface area (Å²) in [5, 5.41) is 5.63. The van der Waals surface area contributed by atoms with Crippen molar-refractivity contribution in [1.29, 1.82) is 0 Å². The molecule has 2 rings (SSSR count). The third kappa shape index (κ3) is 6.13. The van der Waals surface area contributed by atoms with Crippen molar-refractivity contribution in [2.45, 2.75) is 38.3 Å². The maximum atomic E-state index is 12.6. The zero-order valence-electron chi connectivity index (χ0n) is 14.6. The predicted molar refractivity (Wildman–Crippen MR) is 95.3 cm³/mol. The predicted octanol–water partition coefficient (Wildman–Crippen LogP) is 0.274. The lowest BCUT2D eigenvalue weighted by Crippen LogP contribution is -2.53. The summed E-state index contributed by atoms with van der Waals surface area (Å²) in [4.78, 5) is 24.0. The molecule has 7 nitrogen and oxygen atoms in total. The molecule has 138 valence electrons. The summed E-state index contributed by atoms with van der Waals surface area (Å²) in [5.74, 6) is -0.500. The van der Waals surface area contributed by atoms with Gasteiger partial charge in [-0.15, -0.1) is 0 Å². The van der Waals surface area contributed by atoms with E-state index in [4.69, 9.17) is 0 Å². The Balaban J connectivity index is 1.94. The standard InChI is InChI=1S/C17H25N3O4S/c1-13(21)18-16(12-14-6-4-3-5-7-14)17(22)19-15-8-10-20(11-9-15)25(2,23)24/h3-7,15-16H,8-12H2,1-2H3,(H,18,21)(H,19,22). The van der Waals surface area contributed by atoms with E-state index in [-0.39, 0.29) is 17.9 Å². The third-order valence-corrected chi connectivity index (χ3v) is 5.55. The molecule has 2 amide bonds. The van der Waals surface area contributed by atoms with Crippen molar-refractivity contribution in [3.05, 3.63) is 35.9 Å². The molecule has 1 fully saturated rings. The maximum Gasteiger partial charge on any atom is 0.243 e. The number of hydrogen-bond donors (Lipinski definition) is 2. The Kier molecular flexibility index (Phi) is 6.55. The molecule has 25 heavy (non-hydrogen) atoms. The second-order valence-electron chi connectivity index (χ2n) is 6.39. The molecule has 0 aliphatic carbocycles. The van der Waals surface area contributed by atoms with Crippen molar-refractivity contribution in [3.8, 4) is 0 Å². The van der Waals surface area contributed by atoms with Gasteiger partial charge in [-0.1, -0.05) is 30.3 Å². The van der Waals surface area contributed by atoms with E-state index in [9.17, 15) is 18.0 Å². The molecule has 0 saturated carbocycles. The van der Waals surface area contributed by atoms with Crippen LogP contribution < -0.4 is 10.6 Å². The Hall–Kier alpha value is -1.93. The quantitative estimate of drug-likeness (QED) is 0.755. The highest BCUT2D eigenvalue weighted by atomic mass is 32.2. The zero-order valence-corrected chi connectivity index (χ0v) is 15.4. The summed E-state index contributed by atoms with van der Waals surface area (Å²) in [6.45, 7) is 2.18. The van der Waals surface area contributed by atoms with E-state index in [1.807, 2.05) is 30.3 Å². The summed E-state index contributed by atoms with van der Waals surface area (Å²) in [7, 11) is -3.19. The van der Waals surface area contributed by atoms with Gasteiger partial charge in [-0.05, 0) is 18.4 Å². The van der Waals surface area contributed by atoms with Gasteiger partial charge in [0.15, 0.2) is 0 Å². The molecule has 0 spiro atoms. The second-order valence-corrected chi connectivity index (χ2v) is 8.37. The van der Waals surface area contributed by atoms with E-state index >= 15 is 0 Å². The number of carbonyl (C=O) groups is 2. The fourth-order valence-electron chi connectivity index (χ4n) is 2.94. The van der Waals surface area contributed by atoms with Crippen LogP contribution in [0.2, 0.25) is 0 Å². The Labute approximate surface area is 148 Å². The lowest BCUT2D eigenvalue weighted by molar-refractivity contribution is -0.128. The third-order valence-electron chi connectivity index (χ3n) is 4.25. The highest BCUT2D eigenvalue weighted by Crippen LogP contribution is 2.13. The van der Waals surface area contributed by atoms with E-state index in [1.54, 1.807) is 0 Å². The molecule has 1 unspecified atom stereocenters. The van der Waals surface area contributed by atoms with Crippen LogP contribution in [-0.2, 0) is 26.0 Å². The van der Waals surface area contributed by atoms with E-state index in [2.05, 4.69) is 10.6 Å². The number of nitrogens with zero attached hydrogens (tertiary/aromatic N) is 1. The minimum atomic E-state index is -3.19. The van der Waals surface area contributed by atoms with Gasteiger partial charge in [0.1, 0.15) is 6.04 Å². The van der Waals surface area contributed by atoms with E-state index in [1.165, 1.54) is 17.5 Å². The summed E-state index contributed by atoms with van der Waals surface area (Å²) in [6.07, 6.45) is 2.74. The number of hydrogen-bond acceptors (Lipinski definition) is 4. The van der Waals surface area contributed by atoms with Crippen molar-refractivity contribution in [2.24, 2.45) is 0 Å². The molecular weight excluding hydrogens is 342 g/mol. The van der Waals surface area contributed by atoms with Gasteiger partial charge in [0.2, 0.25) is 21.8 Å². The number of nitrogens with one attached hydrogen (secondary N) is 2. The molecule has 1 heterocycles. The van der Waals surface area contributed by atoms with Gasteiger partial charge in [-0.25, -0.2) is 12.7 Å². The summed E-state index contributed by atoms with van der Waals surface area (Å²) in [6, 6.07) is 8.76. The normalized spacial score (nSPS) is 17.7. The summed E-state index contributed by atoms with van der Waals surface area (Å²) >= 11 is 0. The molecule has 0 radical (unpaired) electrons. The van der Waals surface area contributed by atoms with Crippen LogP contribution in [-0.4, -0.2) is 56.0 Å². The SMILES string of the molecule is CC(=O)NC(Cc1ccccc1)C(=O)NC1CCN(S(C)(=O)=O)CC1. The maximum absolute atomic E-state index is 12.6. The largest absolute Gasteiger partial charge is 0.351 e. The lowest BCUT2D eigenvalue weighted by atomic mass is 10.0. The zero-order chi connectivity index (χ0) is 18.4. The first-order valence-corrected chi connectivity index (χ1v) is 10.2. The topological polar surface area (TPSA) is 95.6 Å². The number of rotatable bonds is 6. The molecule has 0 bridgehead atoms. The number of sulfonamides is 1. The monoisotopic (exact) mass is 367 g/mol. The molecule has 0 aromatic heterocycles. The fourth-order valence-corrected chi connectivity index (χ4v) is 3.81. The number of piperidine rings is 1. The van der Waals surface area contributed by atoms with Crippen LogP contribution in [0.1, 0.15) is 25.3 Å². The molecule has 1 saturated heterocycles. The Morgan fingerprint density at radius 3 is 2.32 bits per heavy atom. The first-order chi connectivity index (χ1) is 11.8. The van der Waals surface area contributed by atoms with Gasteiger partial charge < -0.3 is 10.6 Å². The van der Waals surface area contributed by atoms with Crippen LogP contribution in [0.5, 0.6) is 0 Å². The van der Waals surface area contributed by atoms with E-state index < -0.39 is 16.1 Å². The molecule has 1 aromatic rings. The molecule has 1 atom stereocenters. The number of benzene rings is 1. The summed E-state index contributed by atoms with van der Waals surface area (Å²) < 4.78 is 24.5. The van der Waals surface area contributed by atoms with Crippen LogP contribution >= 0.6 is 0 Å². The Morgan fingerprint density at radius 1 is 1.20 bits per heavy atom. The molecule has 1 aliphatic rings. The van der Waals surface area contributed by atoms with Crippen LogP contribution in [0.15, 0.2) is 30.3 Å². The van der Waals surface area contributed by atoms with Crippen molar-refractivity contribution in [3.63, 3.8) is 0 Å². The first-order valence-electron chi connectivity index (χ1n) is 8.32. The smallest absolute Gasteiger partial charge is 0.243 e. The van der Waals surface area contributed by atoms with Crippen LogP contribution in [0.4, 0.5) is 0 Å². The minimum absolute atomic E-state index is 0.0856. The second kappa shape index (κ2) is 8.44. The van der Waals surface area contributed by atoms with Gasteiger partial charge in [0.25, 0.3) is 0 Å². The van der Waals surface area contributed by atoms with E-state index in [0.717, 1.165) is 5.56 Å². The van der Waals surface area contributed by atoms with Crippen molar-refractivity contribution in [2.75, 3.05) is 19.3 Å². The van der Waals surface area contributed by atoms with Gasteiger partial charge in [0.05, 0.1) is 6.26 Å². The molecule has 1 aliphatic heterocycles. The average Bonchev–Trinajstić information content (AvgIpc) is 2.54. The van der Waals surface area contributed by atoms with Gasteiger partial charge in [-0.3, -0.25) is 9.59 Å². The van der Waals surface area contributed by atoms with Crippen LogP contribution in [0.25, 0.3) is 0 Å². The van der Waals surface area contributed by atoms with Gasteiger partial charge in [-0.2, -0.15) is 0 Å². The van der Waals surface area contributed by atoms with Crippen molar-refractivity contribution in [1.82, 2.24) is 14.9 Å². The molecule has 2 N–H and O–H groups in total. The summed E-state index contributed by atoms with van der Waals surface area (Å²) in [5.41, 5.74) is 0.961. The van der Waals surface area contributed by atoms with Crippen molar-refractivity contribution < 1.29 is 18.0 Å². The van der Waals surface area contributed by atoms with Gasteiger partial charge >= 0.3 is 0 Å². The lowest BCUT2D eigenvalue weighted by Gasteiger charge is -2.31. The van der Waals surface area contributed by atoms with Crippen LogP contribution in [0.3, 0.4) is 0 Å². The minimum Gasteiger partial charge on any atom is -0.351 e. The highest BCUT2D eigenvalue weighted by Gasteiger charge is 2.28.